The summed E-state index contributed by atoms with van der Waals surface area (Å²) in [5, 5.41) is 0. The van der Waals surface area contributed by atoms with Gasteiger partial charge in [-0.15, -0.1) is 0 Å². The molecule has 0 aromatic heterocycles. The number of hydrogen-bond donors (Lipinski definition) is 0. The number of benzene rings is 1. The van der Waals surface area contributed by atoms with Crippen LogP contribution in [0.1, 0.15) is 9.68 Å². The minimum Gasteiger partial charge on any atom is -0.206 e. The van der Waals surface area contributed by atoms with E-state index < -0.39 is 12.7 Å². The van der Waals surface area contributed by atoms with Crippen molar-refractivity contribution in [1.82, 2.24) is 0 Å². The lowest BCUT2D eigenvalue weighted by atomic mass is 10.2. The fourth-order valence-electron chi connectivity index (χ4n) is 0.496. The van der Waals surface area contributed by atoms with E-state index in [1.807, 2.05) is 0 Å². The molecule has 0 radical (unpaired) electrons. The van der Waals surface area contributed by atoms with Crippen molar-refractivity contribution in [3.63, 3.8) is 0 Å². The Morgan fingerprint density at radius 1 is 1.67 bits per heavy atom. The summed E-state index contributed by atoms with van der Waals surface area (Å²) in [7, 11) is 0. The standard InChI is InChI=1S/C7H6BrF/c1-5-2-3-7(9)6(8)4-5/h2-4H,1H3/i1D3. The van der Waals surface area contributed by atoms with Crippen molar-refractivity contribution in [2.24, 2.45) is 0 Å². The molecule has 0 nitrogen and oxygen atoms in total. The Bertz CT molecular complexity index is 295. The van der Waals surface area contributed by atoms with E-state index in [9.17, 15) is 4.39 Å². The summed E-state index contributed by atoms with van der Waals surface area (Å²) in [6.07, 6.45) is 0. The molecule has 0 saturated carbocycles. The monoisotopic (exact) mass is 191 g/mol. The first kappa shape index (κ1) is 3.71. The highest BCUT2D eigenvalue weighted by atomic mass is 79.9. The largest absolute Gasteiger partial charge is 0.206 e. The zero-order valence-corrected chi connectivity index (χ0v) is 6.07. The Morgan fingerprint density at radius 3 is 3.00 bits per heavy atom. The van der Waals surface area contributed by atoms with Crippen molar-refractivity contribution < 1.29 is 8.50 Å². The molecule has 0 fully saturated rings. The van der Waals surface area contributed by atoms with Crippen LogP contribution in [-0.2, 0) is 0 Å². The summed E-state index contributed by atoms with van der Waals surface area (Å²) in [6, 6.07) is 3.65. The third kappa shape index (κ3) is 1.52. The van der Waals surface area contributed by atoms with Gasteiger partial charge in [0.2, 0.25) is 0 Å². The van der Waals surface area contributed by atoms with E-state index in [0.717, 1.165) is 6.07 Å². The van der Waals surface area contributed by atoms with Crippen LogP contribution in [0.4, 0.5) is 4.39 Å². The lowest BCUT2D eigenvalue weighted by Crippen LogP contribution is -1.76. The average molecular weight is 192 g/mol. The van der Waals surface area contributed by atoms with Crippen LogP contribution in [0.25, 0.3) is 0 Å². The van der Waals surface area contributed by atoms with Crippen LogP contribution >= 0.6 is 15.9 Å². The smallest absolute Gasteiger partial charge is 0.137 e. The number of halogens is 2. The van der Waals surface area contributed by atoms with E-state index in [-0.39, 0.29) is 10.0 Å². The highest BCUT2D eigenvalue weighted by Crippen LogP contribution is 2.15. The molecule has 0 unspecified atom stereocenters. The lowest BCUT2D eigenvalue weighted by Gasteiger charge is -1.93. The molecule has 0 aliphatic carbocycles. The van der Waals surface area contributed by atoms with Gasteiger partial charge in [-0.2, -0.15) is 0 Å². The summed E-state index contributed by atoms with van der Waals surface area (Å²) < 4.78 is 33.9. The molecule has 2 heteroatoms. The molecular formula is C7H6BrF. The van der Waals surface area contributed by atoms with E-state index in [1.54, 1.807) is 0 Å². The summed E-state index contributed by atoms with van der Waals surface area (Å²) in [5.41, 5.74) is 0.135. The van der Waals surface area contributed by atoms with Crippen LogP contribution in [0.15, 0.2) is 22.7 Å². The van der Waals surface area contributed by atoms with Crippen molar-refractivity contribution in [3.8, 4) is 0 Å². The molecule has 1 rings (SSSR count). The average Bonchev–Trinajstić information content (AvgIpc) is 1.92. The lowest BCUT2D eigenvalue weighted by molar-refractivity contribution is 0.620. The molecular weight excluding hydrogens is 183 g/mol. The maximum absolute atomic E-state index is 12.7. The van der Waals surface area contributed by atoms with E-state index >= 15 is 0 Å². The quantitative estimate of drug-likeness (QED) is 0.592. The van der Waals surface area contributed by atoms with Gasteiger partial charge in [0.1, 0.15) is 5.82 Å². The topological polar surface area (TPSA) is 0 Å². The third-order valence-corrected chi connectivity index (χ3v) is 1.53. The Kier molecular flexibility index (Phi) is 1.02. The highest BCUT2D eigenvalue weighted by Gasteiger charge is 1.94. The number of hydrogen-bond acceptors (Lipinski definition) is 0. The van der Waals surface area contributed by atoms with Gasteiger partial charge in [-0.3, -0.25) is 0 Å². The van der Waals surface area contributed by atoms with Crippen LogP contribution in [-0.4, -0.2) is 0 Å². The molecule has 0 saturated heterocycles. The fraction of sp³-hybridized carbons (Fsp3) is 0.143. The minimum absolute atomic E-state index is 0.135. The molecule has 0 heterocycles. The second kappa shape index (κ2) is 2.48. The number of rotatable bonds is 0. The van der Waals surface area contributed by atoms with Crippen LogP contribution in [0.3, 0.4) is 0 Å². The Hall–Kier alpha value is -0.370. The van der Waals surface area contributed by atoms with E-state index in [2.05, 4.69) is 15.9 Å². The van der Waals surface area contributed by atoms with E-state index in [1.165, 1.54) is 12.1 Å². The molecule has 9 heavy (non-hydrogen) atoms. The second-order valence-electron chi connectivity index (χ2n) is 1.63. The molecule has 1 aromatic carbocycles. The highest BCUT2D eigenvalue weighted by molar-refractivity contribution is 9.10. The molecule has 0 amide bonds. The molecule has 0 aliphatic heterocycles. The second-order valence-corrected chi connectivity index (χ2v) is 2.48. The van der Waals surface area contributed by atoms with Crippen LogP contribution in [0, 0.1) is 12.7 Å². The minimum atomic E-state index is -2.17. The van der Waals surface area contributed by atoms with Gasteiger partial charge in [0.25, 0.3) is 0 Å². The van der Waals surface area contributed by atoms with Gasteiger partial charge >= 0.3 is 0 Å². The molecule has 1 aromatic rings. The maximum Gasteiger partial charge on any atom is 0.137 e. The first-order valence-electron chi connectivity index (χ1n) is 3.87. The first-order chi connectivity index (χ1) is 5.41. The molecule has 48 valence electrons. The molecule has 0 N–H and O–H groups in total. The van der Waals surface area contributed by atoms with E-state index in [0.29, 0.717) is 0 Å². The molecule has 0 atom stereocenters. The van der Waals surface area contributed by atoms with Gasteiger partial charge in [0.15, 0.2) is 0 Å². The Labute approximate surface area is 66.0 Å². The first-order valence-corrected chi connectivity index (χ1v) is 3.16. The summed E-state index contributed by atoms with van der Waals surface area (Å²) in [4.78, 5) is 0. The van der Waals surface area contributed by atoms with Gasteiger partial charge < -0.3 is 0 Å². The number of aryl methyl sites for hydroxylation is 1. The molecule has 0 aliphatic rings. The Morgan fingerprint density at radius 2 is 2.44 bits per heavy atom. The Balaban J connectivity index is 3.14. The zero-order chi connectivity index (χ0) is 9.35. The molecule has 0 bridgehead atoms. The predicted octanol–water partition coefficient (Wildman–Crippen LogP) is 2.90. The zero-order valence-electron chi connectivity index (χ0n) is 7.49. The van der Waals surface area contributed by atoms with E-state index in [4.69, 9.17) is 4.11 Å². The van der Waals surface area contributed by atoms with Gasteiger partial charge in [-0.25, -0.2) is 4.39 Å². The van der Waals surface area contributed by atoms with Crippen LogP contribution < -0.4 is 0 Å². The van der Waals surface area contributed by atoms with Gasteiger partial charge in [0.05, 0.1) is 4.47 Å². The van der Waals surface area contributed by atoms with Gasteiger partial charge in [-0.1, -0.05) is 6.07 Å². The van der Waals surface area contributed by atoms with Crippen LogP contribution in [0.2, 0.25) is 0 Å². The van der Waals surface area contributed by atoms with Crippen molar-refractivity contribution >= 4 is 15.9 Å². The fourth-order valence-corrected chi connectivity index (χ4v) is 0.875. The van der Waals surface area contributed by atoms with Crippen LogP contribution in [0.5, 0.6) is 0 Å². The normalized spacial score (nSPS) is 16.0. The SMILES string of the molecule is [2H]C([2H])([2H])c1ccc(F)c(Br)c1. The maximum atomic E-state index is 12.7. The van der Waals surface area contributed by atoms with Gasteiger partial charge in [0, 0.05) is 4.11 Å². The predicted molar refractivity (Wildman–Crippen MR) is 38.8 cm³/mol. The third-order valence-electron chi connectivity index (χ3n) is 0.920. The summed E-state index contributed by atoms with van der Waals surface area (Å²) >= 11 is 2.91. The van der Waals surface area contributed by atoms with Crippen molar-refractivity contribution in [1.29, 1.82) is 0 Å². The summed E-state index contributed by atoms with van der Waals surface area (Å²) in [5.74, 6) is -0.456. The van der Waals surface area contributed by atoms with Crippen molar-refractivity contribution in [3.05, 3.63) is 34.1 Å². The van der Waals surface area contributed by atoms with Gasteiger partial charge in [-0.05, 0) is 40.5 Å². The molecule has 0 spiro atoms. The van der Waals surface area contributed by atoms with Crippen molar-refractivity contribution in [2.45, 2.75) is 6.85 Å². The summed E-state index contributed by atoms with van der Waals surface area (Å²) in [6.45, 7) is -2.17. The van der Waals surface area contributed by atoms with Crippen molar-refractivity contribution in [2.75, 3.05) is 0 Å².